The van der Waals surface area contributed by atoms with Gasteiger partial charge < -0.3 is 10.0 Å². The molecule has 2 atom stereocenters. The fraction of sp³-hybridized carbons (Fsp3) is 0.462. The van der Waals surface area contributed by atoms with Crippen molar-refractivity contribution in [3.63, 3.8) is 0 Å². The lowest BCUT2D eigenvalue weighted by Gasteiger charge is -2.36. The maximum absolute atomic E-state index is 12.2. The van der Waals surface area contributed by atoms with Gasteiger partial charge in [0.05, 0.1) is 5.92 Å². The van der Waals surface area contributed by atoms with Gasteiger partial charge in [-0.25, -0.2) is 0 Å². The van der Waals surface area contributed by atoms with E-state index in [1.165, 1.54) is 0 Å². The minimum Gasteiger partial charge on any atom is -0.481 e. The van der Waals surface area contributed by atoms with Crippen LogP contribution in [0.3, 0.4) is 0 Å². The summed E-state index contributed by atoms with van der Waals surface area (Å²) in [5, 5.41) is 9.04. The molecular weight excluding hydrogens is 232 g/mol. The van der Waals surface area contributed by atoms with E-state index in [9.17, 15) is 9.59 Å². The van der Waals surface area contributed by atoms with Gasteiger partial charge in [0.2, 0.25) is 0 Å². The van der Waals surface area contributed by atoms with E-state index >= 15 is 0 Å². The monoisotopic (exact) mass is 248 g/mol. The molecule has 1 aromatic heterocycles. The molecule has 5 heteroatoms. The molecular formula is C13H16N2O3. The van der Waals surface area contributed by atoms with Crippen molar-refractivity contribution in [2.45, 2.75) is 25.8 Å². The maximum atomic E-state index is 12.2. The zero-order valence-electron chi connectivity index (χ0n) is 10.2. The topological polar surface area (TPSA) is 70.5 Å². The van der Waals surface area contributed by atoms with Crippen LogP contribution in [0.25, 0.3) is 0 Å². The summed E-state index contributed by atoms with van der Waals surface area (Å²) in [6, 6.07) is 5.22. The first-order valence-corrected chi connectivity index (χ1v) is 6.04. The molecule has 2 rings (SSSR count). The Labute approximate surface area is 105 Å². The van der Waals surface area contributed by atoms with E-state index in [4.69, 9.17) is 5.11 Å². The fourth-order valence-electron chi connectivity index (χ4n) is 2.23. The molecule has 18 heavy (non-hydrogen) atoms. The van der Waals surface area contributed by atoms with Crippen LogP contribution < -0.4 is 0 Å². The molecule has 1 aromatic rings. The Morgan fingerprint density at radius 2 is 2.17 bits per heavy atom. The molecule has 0 aliphatic carbocycles. The summed E-state index contributed by atoms with van der Waals surface area (Å²) in [5.74, 6) is -1.48. The molecule has 0 bridgehead atoms. The molecule has 2 heterocycles. The highest BCUT2D eigenvalue weighted by Gasteiger charge is 2.33. The first kappa shape index (κ1) is 12.5. The molecule has 1 N–H and O–H groups in total. The number of carbonyl (C=O) groups is 2. The number of pyridine rings is 1. The minimum absolute atomic E-state index is 0.0649. The van der Waals surface area contributed by atoms with Crippen LogP contribution in [-0.4, -0.2) is 39.5 Å². The largest absolute Gasteiger partial charge is 0.481 e. The van der Waals surface area contributed by atoms with E-state index < -0.39 is 11.9 Å². The van der Waals surface area contributed by atoms with Crippen LogP contribution in [0.15, 0.2) is 24.4 Å². The lowest BCUT2D eigenvalue weighted by molar-refractivity contribution is -0.143. The van der Waals surface area contributed by atoms with Crippen molar-refractivity contribution in [2.75, 3.05) is 6.54 Å². The quantitative estimate of drug-likeness (QED) is 0.859. The van der Waals surface area contributed by atoms with Crippen molar-refractivity contribution in [2.24, 2.45) is 5.92 Å². The number of rotatable bonds is 2. The zero-order chi connectivity index (χ0) is 13.1. The van der Waals surface area contributed by atoms with Crippen molar-refractivity contribution < 1.29 is 14.7 Å². The van der Waals surface area contributed by atoms with Gasteiger partial charge in [-0.2, -0.15) is 0 Å². The highest BCUT2D eigenvalue weighted by molar-refractivity contribution is 5.92. The molecule has 0 spiro atoms. The number of hydrogen-bond acceptors (Lipinski definition) is 3. The second kappa shape index (κ2) is 5.16. The van der Waals surface area contributed by atoms with Gasteiger partial charge in [0, 0.05) is 18.8 Å². The first-order valence-electron chi connectivity index (χ1n) is 6.04. The molecule has 0 aromatic carbocycles. The van der Waals surface area contributed by atoms with Crippen LogP contribution in [0, 0.1) is 5.92 Å². The van der Waals surface area contributed by atoms with Gasteiger partial charge in [-0.05, 0) is 31.9 Å². The number of nitrogens with zero attached hydrogens (tertiary/aromatic N) is 2. The molecule has 0 saturated carbocycles. The summed E-state index contributed by atoms with van der Waals surface area (Å²) in [6.45, 7) is 2.21. The van der Waals surface area contributed by atoms with Gasteiger partial charge in [-0.15, -0.1) is 0 Å². The summed E-state index contributed by atoms with van der Waals surface area (Å²) in [6.07, 6.45) is 2.91. The lowest BCUT2D eigenvalue weighted by Crippen LogP contribution is -2.47. The van der Waals surface area contributed by atoms with Crippen LogP contribution >= 0.6 is 0 Å². The third kappa shape index (κ3) is 2.50. The molecule has 1 amide bonds. The standard InChI is InChI=1S/C13H16N2O3/c1-9-5-6-10(13(17)18)8-15(9)12(16)11-4-2-3-7-14-11/h2-4,7,9-10H,5-6,8H2,1H3,(H,17,18). The Balaban J connectivity index is 2.15. The average Bonchev–Trinajstić information content (AvgIpc) is 2.39. The number of carboxylic acids is 1. The summed E-state index contributed by atoms with van der Waals surface area (Å²) >= 11 is 0. The molecule has 1 aliphatic heterocycles. The van der Waals surface area contributed by atoms with Gasteiger partial charge in [-0.3, -0.25) is 14.6 Å². The third-order valence-electron chi connectivity index (χ3n) is 3.38. The highest BCUT2D eigenvalue weighted by atomic mass is 16.4. The first-order chi connectivity index (χ1) is 8.59. The Kier molecular flexibility index (Phi) is 3.60. The van der Waals surface area contributed by atoms with E-state index in [1.54, 1.807) is 29.3 Å². The number of aliphatic carboxylic acids is 1. The molecule has 1 fully saturated rings. The molecule has 96 valence electrons. The number of amides is 1. The van der Waals surface area contributed by atoms with E-state index in [0.717, 1.165) is 6.42 Å². The normalized spacial score (nSPS) is 23.7. The van der Waals surface area contributed by atoms with Crippen LogP contribution in [0.5, 0.6) is 0 Å². The summed E-state index contributed by atoms with van der Waals surface area (Å²) < 4.78 is 0. The van der Waals surface area contributed by atoms with Crippen molar-refractivity contribution in [3.05, 3.63) is 30.1 Å². The van der Waals surface area contributed by atoms with Gasteiger partial charge in [0.1, 0.15) is 5.69 Å². The molecule has 1 saturated heterocycles. The molecule has 5 nitrogen and oxygen atoms in total. The third-order valence-corrected chi connectivity index (χ3v) is 3.38. The summed E-state index contributed by atoms with van der Waals surface area (Å²) in [4.78, 5) is 28.9. The zero-order valence-corrected chi connectivity index (χ0v) is 10.2. The minimum atomic E-state index is -0.833. The second-order valence-corrected chi connectivity index (χ2v) is 4.63. The Bertz CT molecular complexity index is 447. The highest BCUT2D eigenvalue weighted by Crippen LogP contribution is 2.23. The smallest absolute Gasteiger partial charge is 0.308 e. The van der Waals surface area contributed by atoms with E-state index in [-0.39, 0.29) is 18.5 Å². The Morgan fingerprint density at radius 3 is 2.78 bits per heavy atom. The van der Waals surface area contributed by atoms with Crippen molar-refractivity contribution in [1.29, 1.82) is 0 Å². The van der Waals surface area contributed by atoms with Crippen LogP contribution in [0.2, 0.25) is 0 Å². The number of carboxylic acid groups (broad SMARTS) is 1. The second-order valence-electron chi connectivity index (χ2n) is 4.63. The number of piperidine rings is 1. The molecule has 0 radical (unpaired) electrons. The predicted molar refractivity (Wildman–Crippen MR) is 65.1 cm³/mol. The number of aromatic nitrogens is 1. The van der Waals surface area contributed by atoms with Crippen molar-refractivity contribution in [3.8, 4) is 0 Å². The molecule has 1 aliphatic rings. The van der Waals surface area contributed by atoms with Crippen LogP contribution in [0.1, 0.15) is 30.3 Å². The van der Waals surface area contributed by atoms with Crippen molar-refractivity contribution in [1.82, 2.24) is 9.88 Å². The maximum Gasteiger partial charge on any atom is 0.308 e. The summed E-state index contributed by atoms with van der Waals surface area (Å²) in [7, 11) is 0. The van der Waals surface area contributed by atoms with Gasteiger partial charge in [0.25, 0.3) is 5.91 Å². The van der Waals surface area contributed by atoms with E-state index in [0.29, 0.717) is 12.1 Å². The number of hydrogen-bond donors (Lipinski definition) is 1. The Hall–Kier alpha value is -1.91. The fourth-order valence-corrected chi connectivity index (χ4v) is 2.23. The number of carbonyl (C=O) groups excluding carboxylic acids is 1. The van der Waals surface area contributed by atoms with Crippen molar-refractivity contribution >= 4 is 11.9 Å². The molecule has 2 unspecified atom stereocenters. The van der Waals surface area contributed by atoms with E-state index in [2.05, 4.69) is 4.98 Å². The number of likely N-dealkylation sites (tertiary alicyclic amines) is 1. The van der Waals surface area contributed by atoms with Crippen LogP contribution in [-0.2, 0) is 4.79 Å². The van der Waals surface area contributed by atoms with Gasteiger partial charge in [-0.1, -0.05) is 6.07 Å². The van der Waals surface area contributed by atoms with Gasteiger partial charge in [0.15, 0.2) is 0 Å². The Morgan fingerprint density at radius 1 is 1.39 bits per heavy atom. The predicted octanol–water partition coefficient (Wildman–Crippen LogP) is 1.41. The van der Waals surface area contributed by atoms with E-state index in [1.807, 2.05) is 6.92 Å². The lowest BCUT2D eigenvalue weighted by atomic mass is 9.93. The average molecular weight is 248 g/mol. The van der Waals surface area contributed by atoms with Crippen LogP contribution in [0.4, 0.5) is 0 Å². The van der Waals surface area contributed by atoms with Gasteiger partial charge >= 0.3 is 5.97 Å². The summed E-state index contributed by atoms with van der Waals surface area (Å²) in [5.41, 5.74) is 0.371. The SMILES string of the molecule is CC1CCC(C(=O)O)CN1C(=O)c1ccccn1.